The first-order chi connectivity index (χ1) is 10.3. The summed E-state index contributed by atoms with van der Waals surface area (Å²) in [4.78, 5) is 11.9. The maximum absolute atomic E-state index is 11.9. The van der Waals surface area contributed by atoms with Crippen LogP contribution < -0.4 is 25.3 Å². The van der Waals surface area contributed by atoms with Gasteiger partial charge in [-0.15, -0.1) is 0 Å². The molecule has 1 aromatic rings. The molecule has 22 heavy (non-hydrogen) atoms. The Hall–Kier alpha value is -2.15. The molecule has 0 aliphatic carbocycles. The van der Waals surface area contributed by atoms with Crippen molar-refractivity contribution in [2.45, 2.75) is 32.4 Å². The van der Waals surface area contributed by atoms with E-state index < -0.39 is 17.7 Å². The number of nitrogens with one attached hydrogen (secondary N) is 1. The van der Waals surface area contributed by atoms with Gasteiger partial charge in [0.2, 0.25) is 12.5 Å². The third-order valence-corrected chi connectivity index (χ3v) is 3.01. The molecule has 122 valence electrons. The number of ether oxygens (including phenoxy) is 4. The van der Waals surface area contributed by atoms with Crippen LogP contribution in [0.15, 0.2) is 12.1 Å². The molecule has 1 atom stereocenters. The highest BCUT2D eigenvalue weighted by molar-refractivity contribution is 5.69. The molecule has 0 fully saturated rings. The molecule has 7 heteroatoms. The molecule has 0 saturated heterocycles. The monoisotopic (exact) mass is 310 g/mol. The van der Waals surface area contributed by atoms with Gasteiger partial charge in [0.15, 0.2) is 11.5 Å². The van der Waals surface area contributed by atoms with Crippen molar-refractivity contribution in [3.63, 3.8) is 0 Å². The maximum atomic E-state index is 11.9. The molecular weight excluding hydrogens is 288 g/mol. The zero-order valence-electron chi connectivity index (χ0n) is 13.3. The maximum Gasteiger partial charge on any atom is 0.408 e. The van der Waals surface area contributed by atoms with E-state index in [1.807, 2.05) is 0 Å². The van der Waals surface area contributed by atoms with Gasteiger partial charge in [0.25, 0.3) is 0 Å². The highest BCUT2D eigenvalue weighted by Gasteiger charge is 2.25. The SMILES string of the molecule is COc1cc(C(CN)NC(=O)OC(C)(C)C)cc2c1OCO2. The van der Waals surface area contributed by atoms with Gasteiger partial charge in [-0.1, -0.05) is 0 Å². The molecule has 1 aliphatic heterocycles. The quantitative estimate of drug-likeness (QED) is 0.883. The molecule has 0 saturated carbocycles. The summed E-state index contributed by atoms with van der Waals surface area (Å²) in [5.74, 6) is 1.66. The Morgan fingerprint density at radius 2 is 2.14 bits per heavy atom. The van der Waals surface area contributed by atoms with Crippen LogP contribution in [0.25, 0.3) is 0 Å². The Morgan fingerprint density at radius 3 is 2.73 bits per heavy atom. The fourth-order valence-electron chi connectivity index (χ4n) is 2.08. The molecule has 0 radical (unpaired) electrons. The zero-order valence-corrected chi connectivity index (χ0v) is 13.3. The number of nitrogens with two attached hydrogens (primary N) is 1. The van der Waals surface area contributed by atoms with E-state index in [2.05, 4.69) is 5.32 Å². The van der Waals surface area contributed by atoms with Gasteiger partial charge < -0.3 is 30.0 Å². The van der Waals surface area contributed by atoms with Gasteiger partial charge in [0.1, 0.15) is 5.60 Å². The predicted octanol–water partition coefficient (Wildman–Crippen LogP) is 1.95. The number of amides is 1. The van der Waals surface area contributed by atoms with E-state index in [1.165, 1.54) is 0 Å². The molecule has 0 aromatic heterocycles. The van der Waals surface area contributed by atoms with Gasteiger partial charge in [0.05, 0.1) is 13.2 Å². The summed E-state index contributed by atoms with van der Waals surface area (Å²) >= 11 is 0. The number of hydrogen-bond acceptors (Lipinski definition) is 6. The van der Waals surface area contributed by atoms with Gasteiger partial charge in [-0.05, 0) is 38.5 Å². The largest absolute Gasteiger partial charge is 0.493 e. The lowest BCUT2D eigenvalue weighted by molar-refractivity contribution is 0.0505. The zero-order chi connectivity index (χ0) is 16.3. The minimum Gasteiger partial charge on any atom is -0.493 e. The fraction of sp³-hybridized carbons (Fsp3) is 0.533. The van der Waals surface area contributed by atoms with E-state index in [9.17, 15) is 4.79 Å². The lowest BCUT2D eigenvalue weighted by Gasteiger charge is -2.23. The standard InChI is InChI=1S/C15H22N2O5/c1-15(2,3)22-14(18)17-10(7-16)9-5-11(19-4)13-12(6-9)20-8-21-13/h5-6,10H,7-8,16H2,1-4H3,(H,17,18). The fourth-order valence-corrected chi connectivity index (χ4v) is 2.08. The van der Waals surface area contributed by atoms with Crippen LogP contribution in [0, 0.1) is 0 Å². The van der Waals surface area contributed by atoms with E-state index >= 15 is 0 Å². The van der Waals surface area contributed by atoms with E-state index in [1.54, 1.807) is 40.0 Å². The van der Waals surface area contributed by atoms with Gasteiger partial charge in [-0.3, -0.25) is 0 Å². The number of methoxy groups -OCH3 is 1. The van der Waals surface area contributed by atoms with Crippen LogP contribution in [0.4, 0.5) is 4.79 Å². The topological polar surface area (TPSA) is 92.0 Å². The van der Waals surface area contributed by atoms with E-state index in [0.717, 1.165) is 5.56 Å². The van der Waals surface area contributed by atoms with Crippen molar-refractivity contribution in [1.29, 1.82) is 0 Å². The average molecular weight is 310 g/mol. The van der Waals surface area contributed by atoms with Crippen molar-refractivity contribution in [2.75, 3.05) is 20.4 Å². The van der Waals surface area contributed by atoms with Crippen molar-refractivity contribution in [3.8, 4) is 17.2 Å². The van der Waals surface area contributed by atoms with E-state index in [4.69, 9.17) is 24.7 Å². The lowest BCUT2D eigenvalue weighted by atomic mass is 10.1. The van der Waals surface area contributed by atoms with Crippen molar-refractivity contribution in [2.24, 2.45) is 5.73 Å². The summed E-state index contributed by atoms with van der Waals surface area (Å²) in [7, 11) is 1.54. The average Bonchev–Trinajstić information content (AvgIpc) is 2.89. The number of benzene rings is 1. The Balaban J connectivity index is 2.19. The van der Waals surface area contributed by atoms with Gasteiger partial charge >= 0.3 is 6.09 Å². The molecule has 0 bridgehead atoms. The predicted molar refractivity (Wildman–Crippen MR) is 80.3 cm³/mol. The molecule has 1 aromatic carbocycles. The van der Waals surface area contributed by atoms with Gasteiger partial charge in [0, 0.05) is 6.54 Å². The normalized spacial score (nSPS) is 14.4. The summed E-state index contributed by atoms with van der Waals surface area (Å²) in [6.45, 7) is 5.75. The van der Waals surface area contributed by atoms with Crippen LogP contribution in [0.1, 0.15) is 32.4 Å². The van der Waals surface area contributed by atoms with Crippen LogP contribution in [0.2, 0.25) is 0 Å². The molecule has 1 heterocycles. The summed E-state index contributed by atoms with van der Waals surface area (Å²) in [5, 5.41) is 2.74. The van der Waals surface area contributed by atoms with Crippen LogP contribution in [-0.2, 0) is 4.74 Å². The number of carbonyl (C=O) groups is 1. The first-order valence-corrected chi connectivity index (χ1v) is 7.01. The summed E-state index contributed by atoms with van der Waals surface area (Å²) in [6.07, 6.45) is -0.528. The molecule has 1 amide bonds. The number of rotatable bonds is 4. The molecule has 7 nitrogen and oxygen atoms in total. The second-order valence-electron chi connectivity index (χ2n) is 5.89. The number of carbonyl (C=O) groups excluding carboxylic acids is 1. The molecule has 3 N–H and O–H groups in total. The first kappa shape index (κ1) is 16.2. The Kier molecular flexibility index (Phi) is 4.65. The second-order valence-corrected chi connectivity index (χ2v) is 5.89. The third-order valence-electron chi connectivity index (χ3n) is 3.01. The molecule has 0 spiro atoms. The molecule has 1 aliphatic rings. The van der Waals surface area contributed by atoms with Gasteiger partial charge in [-0.25, -0.2) is 4.79 Å². The molecule has 1 unspecified atom stereocenters. The number of fused-ring (bicyclic) bond motifs is 1. The van der Waals surface area contributed by atoms with Crippen LogP contribution in [0.5, 0.6) is 17.2 Å². The Labute approximate surface area is 129 Å². The smallest absolute Gasteiger partial charge is 0.408 e. The van der Waals surface area contributed by atoms with Crippen LogP contribution >= 0.6 is 0 Å². The number of hydrogen-bond donors (Lipinski definition) is 2. The minimum atomic E-state index is -0.574. The number of alkyl carbamates (subject to hydrolysis) is 1. The van der Waals surface area contributed by atoms with Crippen molar-refractivity contribution in [1.82, 2.24) is 5.32 Å². The minimum absolute atomic E-state index is 0.141. The summed E-state index contributed by atoms with van der Waals surface area (Å²) in [6, 6.07) is 3.13. The first-order valence-electron chi connectivity index (χ1n) is 7.01. The highest BCUT2D eigenvalue weighted by atomic mass is 16.7. The van der Waals surface area contributed by atoms with Crippen molar-refractivity contribution >= 4 is 6.09 Å². The molecule has 2 rings (SSSR count). The third kappa shape index (κ3) is 3.73. The van der Waals surface area contributed by atoms with Crippen LogP contribution in [0.3, 0.4) is 0 Å². The Bertz CT molecular complexity index is 554. The van der Waals surface area contributed by atoms with Crippen molar-refractivity contribution in [3.05, 3.63) is 17.7 Å². The van der Waals surface area contributed by atoms with E-state index in [0.29, 0.717) is 17.2 Å². The second kappa shape index (κ2) is 6.31. The summed E-state index contributed by atoms with van der Waals surface area (Å²) < 4.78 is 21.3. The molecular formula is C15H22N2O5. The van der Waals surface area contributed by atoms with E-state index in [-0.39, 0.29) is 13.3 Å². The Morgan fingerprint density at radius 1 is 1.41 bits per heavy atom. The lowest BCUT2D eigenvalue weighted by Crippen LogP contribution is -2.37. The van der Waals surface area contributed by atoms with Crippen LogP contribution in [-0.4, -0.2) is 32.1 Å². The van der Waals surface area contributed by atoms with Gasteiger partial charge in [-0.2, -0.15) is 0 Å². The van der Waals surface area contributed by atoms with Crippen molar-refractivity contribution < 1.29 is 23.7 Å². The highest BCUT2D eigenvalue weighted by Crippen LogP contribution is 2.42. The summed E-state index contributed by atoms with van der Waals surface area (Å²) in [5.41, 5.74) is 5.96.